The first kappa shape index (κ1) is 50.2. The molecule has 1 fully saturated rings. The molecular weight excluding hydrogens is 700 g/mol. The molecule has 10 nitrogen and oxygen atoms in total. The Morgan fingerprint density at radius 3 is 1.53 bits per heavy atom. The molecule has 0 aliphatic carbocycles. The van der Waals surface area contributed by atoms with Gasteiger partial charge in [-0.05, 0) is 77.0 Å². The number of rotatable bonds is 33. The first-order valence-electron chi connectivity index (χ1n) is 21.0. The largest absolute Gasteiger partial charge is 0.462 e. The molecule has 10 heteroatoms. The molecule has 0 aromatic carbocycles. The molecule has 1 saturated heterocycles. The fourth-order valence-corrected chi connectivity index (χ4v) is 5.80. The predicted octanol–water partition coefficient (Wildman–Crippen LogP) is 8.44. The molecule has 0 spiro atoms. The first-order chi connectivity index (χ1) is 26.8. The number of hydrogen-bond acceptors (Lipinski definition) is 10. The zero-order valence-corrected chi connectivity index (χ0v) is 33.9. The quantitative estimate of drug-likeness (QED) is 0.0291. The molecule has 1 aliphatic rings. The van der Waals surface area contributed by atoms with E-state index in [0.717, 1.165) is 103 Å². The Labute approximate surface area is 332 Å². The van der Waals surface area contributed by atoms with Crippen LogP contribution < -0.4 is 0 Å². The second kappa shape index (κ2) is 35.5. The molecule has 1 rings (SSSR count). The zero-order valence-electron chi connectivity index (χ0n) is 33.9. The number of allylic oxidation sites excluding steroid dienone is 12. The number of esters is 2. The fraction of sp³-hybridized carbons (Fsp3) is 0.689. The van der Waals surface area contributed by atoms with E-state index in [-0.39, 0.29) is 26.1 Å². The maximum absolute atomic E-state index is 12.7. The lowest BCUT2D eigenvalue weighted by atomic mass is 9.99. The molecule has 0 amide bonds. The van der Waals surface area contributed by atoms with Gasteiger partial charge in [-0.1, -0.05) is 125 Å². The standard InChI is InChI=1S/C45H74O10/c1-3-5-7-9-11-13-15-17-19-21-23-25-27-29-31-33-40(47)52-36-38(37-53-45-44(51)43(50)42(49)39(35-46)55-45)54-41(48)34-32-30-28-26-24-22-20-18-16-14-12-10-8-6-4-2/h5-8,11-14,17-20,38-39,42-46,49-51H,3-4,9-10,15-16,21-37H2,1-2H3/b7-5+,8-6+,13-11+,14-12-,19-17-,20-18+/t38-,39-,42+,43+,44-,45-/m1/s1. The number of unbranched alkanes of at least 4 members (excludes halogenated alkanes) is 10. The van der Waals surface area contributed by atoms with Crippen molar-refractivity contribution in [3.63, 3.8) is 0 Å². The average Bonchev–Trinajstić information content (AvgIpc) is 3.18. The van der Waals surface area contributed by atoms with Crippen LogP contribution in [-0.2, 0) is 28.5 Å². The van der Waals surface area contributed by atoms with Gasteiger partial charge < -0.3 is 39.4 Å². The van der Waals surface area contributed by atoms with Gasteiger partial charge in [0.1, 0.15) is 31.0 Å². The minimum atomic E-state index is -1.60. The lowest BCUT2D eigenvalue weighted by Gasteiger charge is -2.39. The Morgan fingerprint density at radius 2 is 1.02 bits per heavy atom. The number of carbonyl (C=O) groups is 2. The van der Waals surface area contributed by atoms with E-state index in [4.69, 9.17) is 18.9 Å². The van der Waals surface area contributed by atoms with Crippen molar-refractivity contribution >= 4 is 11.9 Å². The molecule has 6 atom stereocenters. The van der Waals surface area contributed by atoms with Gasteiger partial charge in [-0.25, -0.2) is 0 Å². The highest BCUT2D eigenvalue weighted by Crippen LogP contribution is 2.22. The fourth-order valence-electron chi connectivity index (χ4n) is 5.80. The van der Waals surface area contributed by atoms with Gasteiger partial charge in [-0.15, -0.1) is 0 Å². The summed E-state index contributed by atoms with van der Waals surface area (Å²) in [5, 5.41) is 40.0. The highest BCUT2D eigenvalue weighted by atomic mass is 16.7. The van der Waals surface area contributed by atoms with Crippen LogP contribution in [0.5, 0.6) is 0 Å². The van der Waals surface area contributed by atoms with Crippen LogP contribution in [0.2, 0.25) is 0 Å². The summed E-state index contributed by atoms with van der Waals surface area (Å²) in [5.41, 5.74) is 0. The number of ether oxygens (including phenoxy) is 4. The monoisotopic (exact) mass is 775 g/mol. The van der Waals surface area contributed by atoms with Gasteiger partial charge in [0, 0.05) is 12.8 Å². The van der Waals surface area contributed by atoms with Crippen molar-refractivity contribution in [3.05, 3.63) is 72.9 Å². The van der Waals surface area contributed by atoms with E-state index in [0.29, 0.717) is 12.8 Å². The summed E-state index contributed by atoms with van der Waals surface area (Å²) < 4.78 is 22.1. The first-order valence-corrected chi connectivity index (χ1v) is 21.0. The number of carbonyl (C=O) groups excluding carboxylic acids is 2. The Hall–Kier alpha value is -2.86. The van der Waals surface area contributed by atoms with Crippen LogP contribution in [0.3, 0.4) is 0 Å². The maximum atomic E-state index is 12.7. The second-order valence-electron chi connectivity index (χ2n) is 14.0. The van der Waals surface area contributed by atoms with E-state index < -0.39 is 55.4 Å². The molecule has 0 saturated carbocycles. The van der Waals surface area contributed by atoms with E-state index in [1.165, 1.54) is 0 Å². The lowest BCUT2D eigenvalue weighted by molar-refractivity contribution is -0.305. The van der Waals surface area contributed by atoms with Gasteiger partial charge in [-0.3, -0.25) is 9.59 Å². The molecule has 0 aromatic heterocycles. The van der Waals surface area contributed by atoms with Crippen molar-refractivity contribution in [1.29, 1.82) is 0 Å². The normalized spacial score (nSPS) is 21.3. The molecule has 0 radical (unpaired) electrons. The van der Waals surface area contributed by atoms with Crippen molar-refractivity contribution in [3.8, 4) is 0 Å². The van der Waals surface area contributed by atoms with Crippen LogP contribution in [-0.4, -0.2) is 89.0 Å². The van der Waals surface area contributed by atoms with E-state index in [1.807, 2.05) is 0 Å². The summed E-state index contributed by atoms with van der Waals surface area (Å²) in [6.07, 6.45) is 36.2. The number of aliphatic hydroxyl groups excluding tert-OH is 4. The van der Waals surface area contributed by atoms with E-state index >= 15 is 0 Å². The molecule has 1 heterocycles. The van der Waals surface area contributed by atoms with Crippen LogP contribution in [0.4, 0.5) is 0 Å². The smallest absolute Gasteiger partial charge is 0.306 e. The Bertz CT molecular complexity index is 1120. The summed E-state index contributed by atoms with van der Waals surface area (Å²) in [6, 6.07) is 0. The SMILES string of the molecule is CC/C=C/C/C=C\C/C=C/CCCCCCCC(=O)O[C@H](COC(=O)CCCCCCC/C=C\C/C=C/C/C=C/CC)CO[C@@H]1O[C@H](CO)[C@H](O)[C@H](O)[C@H]1O. The van der Waals surface area contributed by atoms with Crippen molar-refractivity contribution in [2.24, 2.45) is 0 Å². The third-order valence-electron chi connectivity index (χ3n) is 9.09. The Balaban J connectivity index is 2.39. The van der Waals surface area contributed by atoms with Crippen molar-refractivity contribution in [1.82, 2.24) is 0 Å². The van der Waals surface area contributed by atoms with Crippen molar-refractivity contribution in [2.45, 2.75) is 179 Å². The van der Waals surface area contributed by atoms with Gasteiger partial charge in [0.2, 0.25) is 0 Å². The van der Waals surface area contributed by atoms with E-state index in [1.54, 1.807) is 0 Å². The van der Waals surface area contributed by atoms with Gasteiger partial charge in [0.25, 0.3) is 0 Å². The zero-order chi connectivity index (χ0) is 40.2. The number of aliphatic hydroxyl groups is 4. The van der Waals surface area contributed by atoms with Crippen LogP contribution in [0.15, 0.2) is 72.9 Å². The summed E-state index contributed by atoms with van der Waals surface area (Å²) in [7, 11) is 0. The van der Waals surface area contributed by atoms with Crippen molar-refractivity contribution in [2.75, 3.05) is 19.8 Å². The molecule has 0 unspecified atom stereocenters. The average molecular weight is 775 g/mol. The van der Waals surface area contributed by atoms with Crippen molar-refractivity contribution < 1.29 is 49.0 Å². The van der Waals surface area contributed by atoms with Gasteiger partial charge in [-0.2, -0.15) is 0 Å². The van der Waals surface area contributed by atoms with Crippen LogP contribution in [0.1, 0.15) is 142 Å². The van der Waals surface area contributed by atoms with Gasteiger partial charge in [0.15, 0.2) is 12.4 Å². The van der Waals surface area contributed by atoms with Gasteiger partial charge >= 0.3 is 11.9 Å². The second-order valence-corrected chi connectivity index (χ2v) is 14.0. The Kier molecular flexibility index (Phi) is 32.4. The predicted molar refractivity (Wildman–Crippen MR) is 219 cm³/mol. The highest BCUT2D eigenvalue weighted by molar-refractivity contribution is 5.70. The molecule has 1 aliphatic heterocycles. The molecule has 314 valence electrons. The third-order valence-corrected chi connectivity index (χ3v) is 9.09. The van der Waals surface area contributed by atoms with Crippen LogP contribution >= 0.6 is 0 Å². The highest BCUT2D eigenvalue weighted by Gasteiger charge is 2.44. The Morgan fingerprint density at radius 1 is 0.564 bits per heavy atom. The van der Waals surface area contributed by atoms with Crippen LogP contribution in [0, 0.1) is 0 Å². The summed E-state index contributed by atoms with van der Waals surface area (Å²) >= 11 is 0. The summed E-state index contributed by atoms with van der Waals surface area (Å²) in [4.78, 5) is 25.3. The minimum absolute atomic E-state index is 0.202. The molecule has 4 N–H and O–H groups in total. The minimum Gasteiger partial charge on any atom is -0.462 e. The summed E-state index contributed by atoms with van der Waals surface area (Å²) in [6.45, 7) is 3.14. The lowest BCUT2D eigenvalue weighted by Crippen LogP contribution is -2.59. The molecular formula is C45H74O10. The van der Waals surface area contributed by atoms with Gasteiger partial charge in [0.05, 0.1) is 13.2 Å². The summed E-state index contributed by atoms with van der Waals surface area (Å²) in [5.74, 6) is -0.855. The topological polar surface area (TPSA) is 152 Å². The molecule has 55 heavy (non-hydrogen) atoms. The van der Waals surface area contributed by atoms with E-state index in [9.17, 15) is 30.0 Å². The number of hydrogen-bond donors (Lipinski definition) is 4. The van der Waals surface area contributed by atoms with Crippen LogP contribution in [0.25, 0.3) is 0 Å². The van der Waals surface area contributed by atoms with E-state index in [2.05, 4.69) is 86.8 Å². The third kappa shape index (κ3) is 27.4. The molecule has 0 bridgehead atoms. The molecule has 0 aromatic rings. The maximum Gasteiger partial charge on any atom is 0.306 e.